The van der Waals surface area contributed by atoms with Gasteiger partial charge >= 0.3 is 6.03 Å². The molecule has 0 saturated carbocycles. The van der Waals surface area contributed by atoms with E-state index in [-0.39, 0.29) is 0 Å². The van der Waals surface area contributed by atoms with Crippen LogP contribution in [0.15, 0.2) is 70.2 Å². The number of anilines is 1. The van der Waals surface area contributed by atoms with Crippen LogP contribution in [0.5, 0.6) is 11.5 Å². The molecule has 31 heavy (non-hydrogen) atoms. The van der Waals surface area contributed by atoms with Crippen LogP contribution in [-0.4, -0.2) is 19.4 Å². The quantitative estimate of drug-likeness (QED) is 0.300. The van der Waals surface area contributed by atoms with E-state index >= 15 is 0 Å². The van der Waals surface area contributed by atoms with E-state index in [1.807, 2.05) is 55.5 Å². The molecule has 0 radical (unpaired) electrons. The van der Waals surface area contributed by atoms with Crippen molar-refractivity contribution in [3.05, 3.63) is 86.8 Å². The standard InChI is InChI=1S/C23H21BrClN3O3/c1-15-7-3-6-10-20(15)27-23(29)28-26-13-17-11-21(30-2)22(12-18(17)24)31-14-16-8-4-5-9-19(16)25/h3-13H,14H2,1-2H3,(H2,27,28,29). The summed E-state index contributed by atoms with van der Waals surface area (Å²) in [5, 5.41) is 7.39. The van der Waals surface area contributed by atoms with E-state index in [1.165, 1.54) is 6.21 Å². The highest BCUT2D eigenvalue weighted by atomic mass is 79.9. The number of para-hydroxylation sites is 1. The number of urea groups is 1. The molecule has 3 aromatic carbocycles. The highest BCUT2D eigenvalue weighted by Gasteiger charge is 2.11. The number of halogens is 2. The largest absolute Gasteiger partial charge is 0.493 e. The summed E-state index contributed by atoms with van der Waals surface area (Å²) in [6.45, 7) is 2.22. The number of nitrogens with zero attached hydrogens (tertiary/aromatic N) is 1. The molecule has 0 bridgehead atoms. The van der Waals surface area contributed by atoms with Gasteiger partial charge in [-0.3, -0.25) is 0 Å². The summed E-state index contributed by atoms with van der Waals surface area (Å²) in [4.78, 5) is 12.1. The van der Waals surface area contributed by atoms with Crippen molar-refractivity contribution in [2.24, 2.45) is 5.10 Å². The van der Waals surface area contributed by atoms with Crippen molar-refractivity contribution in [3.8, 4) is 11.5 Å². The molecule has 160 valence electrons. The minimum absolute atomic E-state index is 0.302. The van der Waals surface area contributed by atoms with Crippen LogP contribution in [0, 0.1) is 6.92 Å². The molecule has 0 saturated heterocycles. The Morgan fingerprint density at radius 2 is 1.87 bits per heavy atom. The summed E-state index contributed by atoms with van der Waals surface area (Å²) in [5.41, 5.74) is 5.71. The third-order valence-corrected chi connectivity index (χ3v) is 5.44. The second-order valence-corrected chi connectivity index (χ2v) is 7.81. The fourth-order valence-corrected chi connectivity index (χ4v) is 3.33. The Morgan fingerprint density at radius 3 is 2.61 bits per heavy atom. The number of rotatable bonds is 7. The molecule has 0 aliphatic heterocycles. The maximum absolute atomic E-state index is 12.1. The molecular formula is C23H21BrClN3O3. The van der Waals surface area contributed by atoms with E-state index in [0.29, 0.717) is 28.7 Å². The maximum atomic E-state index is 12.1. The Labute approximate surface area is 194 Å². The average Bonchev–Trinajstić information content (AvgIpc) is 2.76. The minimum atomic E-state index is -0.437. The van der Waals surface area contributed by atoms with Gasteiger partial charge < -0.3 is 14.8 Å². The smallest absolute Gasteiger partial charge is 0.339 e. The lowest BCUT2D eigenvalue weighted by molar-refractivity contribution is 0.252. The molecule has 0 fully saturated rings. The number of methoxy groups -OCH3 is 1. The zero-order chi connectivity index (χ0) is 22.2. The summed E-state index contributed by atoms with van der Waals surface area (Å²) in [5.74, 6) is 1.08. The molecule has 2 amide bonds. The van der Waals surface area contributed by atoms with Gasteiger partial charge in [0.15, 0.2) is 11.5 Å². The molecule has 0 aromatic heterocycles. The lowest BCUT2D eigenvalue weighted by Crippen LogP contribution is -2.24. The van der Waals surface area contributed by atoms with Gasteiger partial charge in [0.25, 0.3) is 0 Å². The minimum Gasteiger partial charge on any atom is -0.493 e. The number of ether oxygens (including phenoxy) is 2. The lowest BCUT2D eigenvalue weighted by Gasteiger charge is -2.13. The summed E-state index contributed by atoms with van der Waals surface area (Å²) >= 11 is 9.69. The van der Waals surface area contributed by atoms with Gasteiger partial charge in [0.05, 0.1) is 13.3 Å². The maximum Gasteiger partial charge on any atom is 0.339 e. The van der Waals surface area contributed by atoms with Gasteiger partial charge in [-0.2, -0.15) is 5.10 Å². The molecule has 0 heterocycles. The summed E-state index contributed by atoms with van der Waals surface area (Å²) in [6.07, 6.45) is 1.52. The highest BCUT2D eigenvalue weighted by Crippen LogP contribution is 2.34. The molecule has 0 aliphatic carbocycles. The number of benzene rings is 3. The van der Waals surface area contributed by atoms with E-state index in [9.17, 15) is 4.79 Å². The number of hydrazone groups is 1. The van der Waals surface area contributed by atoms with Crippen molar-refractivity contribution < 1.29 is 14.3 Å². The SMILES string of the molecule is COc1cc(C=NNC(=O)Nc2ccccc2C)c(Br)cc1OCc1ccccc1Cl. The first kappa shape index (κ1) is 22.7. The highest BCUT2D eigenvalue weighted by molar-refractivity contribution is 9.10. The number of aryl methyl sites for hydroxylation is 1. The van der Waals surface area contributed by atoms with Gasteiger partial charge in [-0.05, 0) is 52.7 Å². The third-order valence-electron chi connectivity index (χ3n) is 4.39. The van der Waals surface area contributed by atoms with Crippen LogP contribution in [0.1, 0.15) is 16.7 Å². The van der Waals surface area contributed by atoms with E-state index in [1.54, 1.807) is 19.2 Å². The Morgan fingerprint density at radius 1 is 1.13 bits per heavy atom. The average molecular weight is 503 g/mol. The van der Waals surface area contributed by atoms with Crippen LogP contribution < -0.4 is 20.2 Å². The molecule has 0 aliphatic rings. The Balaban J connectivity index is 1.65. The van der Waals surface area contributed by atoms with Gasteiger partial charge in [-0.1, -0.05) is 48.0 Å². The predicted molar refractivity (Wildman–Crippen MR) is 127 cm³/mol. The van der Waals surface area contributed by atoms with Crippen LogP contribution in [0.4, 0.5) is 10.5 Å². The van der Waals surface area contributed by atoms with Crippen molar-refractivity contribution in [2.45, 2.75) is 13.5 Å². The fraction of sp³-hybridized carbons (Fsp3) is 0.130. The molecule has 0 spiro atoms. The molecule has 3 rings (SSSR count). The van der Waals surface area contributed by atoms with Gasteiger partial charge in [0.2, 0.25) is 0 Å². The molecule has 2 N–H and O–H groups in total. The van der Waals surface area contributed by atoms with Gasteiger partial charge in [-0.15, -0.1) is 0 Å². The normalized spacial score (nSPS) is 10.7. The van der Waals surface area contributed by atoms with Crippen LogP contribution in [0.25, 0.3) is 0 Å². The Kier molecular flexibility index (Phi) is 7.92. The molecule has 8 heteroatoms. The molecule has 6 nitrogen and oxygen atoms in total. The number of nitrogens with one attached hydrogen (secondary N) is 2. The summed E-state index contributed by atoms with van der Waals surface area (Å²) in [6, 6.07) is 18.1. The van der Waals surface area contributed by atoms with Gasteiger partial charge in [0.1, 0.15) is 6.61 Å². The molecule has 0 atom stereocenters. The van der Waals surface area contributed by atoms with Crippen molar-refractivity contribution in [1.29, 1.82) is 0 Å². The number of carbonyl (C=O) groups is 1. The van der Waals surface area contributed by atoms with Crippen molar-refractivity contribution in [1.82, 2.24) is 5.43 Å². The van der Waals surface area contributed by atoms with Crippen molar-refractivity contribution in [3.63, 3.8) is 0 Å². The lowest BCUT2D eigenvalue weighted by atomic mass is 10.2. The van der Waals surface area contributed by atoms with Crippen LogP contribution >= 0.6 is 27.5 Å². The summed E-state index contributed by atoms with van der Waals surface area (Å²) in [7, 11) is 1.56. The molecule has 0 unspecified atom stereocenters. The predicted octanol–water partition coefficient (Wildman–Crippen LogP) is 6.15. The first-order valence-electron chi connectivity index (χ1n) is 9.37. The topological polar surface area (TPSA) is 72.0 Å². The fourth-order valence-electron chi connectivity index (χ4n) is 2.72. The summed E-state index contributed by atoms with van der Waals surface area (Å²) < 4.78 is 12.1. The Hall–Kier alpha value is -3.03. The second kappa shape index (κ2) is 10.8. The molecule has 3 aromatic rings. The zero-order valence-electron chi connectivity index (χ0n) is 17.0. The van der Waals surface area contributed by atoms with Crippen LogP contribution in [-0.2, 0) is 6.61 Å². The third kappa shape index (κ3) is 6.23. The second-order valence-electron chi connectivity index (χ2n) is 6.54. The monoisotopic (exact) mass is 501 g/mol. The first-order valence-corrected chi connectivity index (χ1v) is 10.5. The van der Waals surface area contributed by atoms with E-state index in [2.05, 4.69) is 31.8 Å². The van der Waals surface area contributed by atoms with Gasteiger partial charge in [0, 0.05) is 26.3 Å². The van der Waals surface area contributed by atoms with Crippen molar-refractivity contribution >= 4 is 45.5 Å². The number of hydrogen-bond acceptors (Lipinski definition) is 4. The van der Waals surface area contributed by atoms with E-state index < -0.39 is 6.03 Å². The van der Waals surface area contributed by atoms with Crippen molar-refractivity contribution in [2.75, 3.05) is 12.4 Å². The van der Waals surface area contributed by atoms with Crippen LogP contribution in [0.2, 0.25) is 5.02 Å². The van der Waals surface area contributed by atoms with Gasteiger partial charge in [-0.25, -0.2) is 10.2 Å². The number of amides is 2. The van der Waals surface area contributed by atoms with Crippen LogP contribution in [0.3, 0.4) is 0 Å². The first-order chi connectivity index (χ1) is 15.0. The van der Waals surface area contributed by atoms with E-state index in [4.69, 9.17) is 21.1 Å². The zero-order valence-corrected chi connectivity index (χ0v) is 19.3. The number of carbonyl (C=O) groups excluding carboxylic acids is 1. The Bertz CT molecular complexity index is 1110. The van der Waals surface area contributed by atoms with E-state index in [0.717, 1.165) is 21.3 Å². The molecular weight excluding hydrogens is 482 g/mol. The number of hydrogen-bond donors (Lipinski definition) is 2.